The second-order valence-corrected chi connectivity index (χ2v) is 7.95. The Bertz CT molecular complexity index is 904. The summed E-state index contributed by atoms with van der Waals surface area (Å²) in [5.74, 6) is -2.71. The molecule has 26 heavy (non-hydrogen) atoms. The van der Waals surface area contributed by atoms with E-state index in [1.165, 1.54) is 22.5 Å². The fourth-order valence-corrected chi connectivity index (χ4v) is 4.72. The van der Waals surface area contributed by atoms with Gasteiger partial charge in [-0.1, -0.05) is 18.2 Å². The van der Waals surface area contributed by atoms with E-state index in [0.29, 0.717) is 19.4 Å². The second kappa shape index (κ2) is 7.51. The number of rotatable bonds is 5. The molecular weight excluding hydrogens is 362 g/mol. The zero-order chi connectivity index (χ0) is 18.7. The first-order valence-corrected chi connectivity index (χ1v) is 9.64. The molecule has 1 heterocycles. The van der Waals surface area contributed by atoms with Gasteiger partial charge < -0.3 is 5.32 Å². The normalized spacial score (nSPS) is 18.0. The van der Waals surface area contributed by atoms with Gasteiger partial charge in [0.2, 0.25) is 10.0 Å². The maximum absolute atomic E-state index is 13.2. The van der Waals surface area contributed by atoms with Gasteiger partial charge >= 0.3 is 0 Å². The Hall–Kier alpha value is -2.32. The Morgan fingerprint density at radius 1 is 1.12 bits per heavy atom. The average molecular weight is 380 g/mol. The quantitative estimate of drug-likeness (QED) is 0.867. The number of nitrogens with one attached hydrogen (secondary N) is 1. The summed E-state index contributed by atoms with van der Waals surface area (Å²) in [5.41, 5.74) is -0.0145. The SMILES string of the molecule is O=C(NC[C@@H]1CCCN1S(=O)(=O)c1ccccc1)c1ccc(F)c(F)c1. The molecule has 0 aliphatic carbocycles. The highest BCUT2D eigenvalue weighted by molar-refractivity contribution is 7.89. The largest absolute Gasteiger partial charge is 0.350 e. The first-order chi connectivity index (χ1) is 12.4. The van der Waals surface area contributed by atoms with Crippen molar-refractivity contribution in [2.75, 3.05) is 13.1 Å². The van der Waals surface area contributed by atoms with E-state index in [-0.39, 0.29) is 23.0 Å². The summed E-state index contributed by atoms with van der Waals surface area (Å²) in [6.45, 7) is 0.479. The maximum atomic E-state index is 13.2. The summed E-state index contributed by atoms with van der Waals surface area (Å²) in [4.78, 5) is 12.3. The minimum Gasteiger partial charge on any atom is -0.350 e. The van der Waals surface area contributed by atoms with Crippen LogP contribution in [0.15, 0.2) is 53.4 Å². The maximum Gasteiger partial charge on any atom is 0.251 e. The molecule has 1 amide bonds. The molecule has 0 spiro atoms. The number of carbonyl (C=O) groups is 1. The van der Waals surface area contributed by atoms with Gasteiger partial charge in [-0.2, -0.15) is 4.31 Å². The first-order valence-electron chi connectivity index (χ1n) is 8.20. The molecule has 0 aromatic heterocycles. The summed E-state index contributed by atoms with van der Waals surface area (Å²) >= 11 is 0. The zero-order valence-electron chi connectivity index (χ0n) is 13.9. The van der Waals surface area contributed by atoms with Crippen LogP contribution in [-0.2, 0) is 10.0 Å². The van der Waals surface area contributed by atoms with Gasteiger partial charge in [-0.3, -0.25) is 4.79 Å². The molecule has 8 heteroatoms. The van der Waals surface area contributed by atoms with Crippen molar-refractivity contribution in [2.45, 2.75) is 23.8 Å². The lowest BCUT2D eigenvalue weighted by molar-refractivity contribution is 0.0946. The molecule has 1 fully saturated rings. The van der Waals surface area contributed by atoms with Gasteiger partial charge in [0.15, 0.2) is 11.6 Å². The highest BCUT2D eigenvalue weighted by atomic mass is 32.2. The van der Waals surface area contributed by atoms with Gasteiger partial charge in [-0.15, -0.1) is 0 Å². The van der Waals surface area contributed by atoms with Crippen LogP contribution in [0.2, 0.25) is 0 Å². The van der Waals surface area contributed by atoms with E-state index in [9.17, 15) is 22.0 Å². The van der Waals surface area contributed by atoms with Crippen LogP contribution in [0.4, 0.5) is 8.78 Å². The molecule has 138 valence electrons. The fraction of sp³-hybridized carbons (Fsp3) is 0.278. The third-order valence-corrected chi connectivity index (χ3v) is 6.32. The van der Waals surface area contributed by atoms with Crippen molar-refractivity contribution in [3.63, 3.8) is 0 Å². The zero-order valence-corrected chi connectivity index (χ0v) is 14.7. The monoisotopic (exact) mass is 380 g/mol. The van der Waals surface area contributed by atoms with Crippen LogP contribution in [0.25, 0.3) is 0 Å². The Morgan fingerprint density at radius 3 is 2.54 bits per heavy atom. The Morgan fingerprint density at radius 2 is 1.85 bits per heavy atom. The van der Waals surface area contributed by atoms with Crippen LogP contribution in [0.1, 0.15) is 23.2 Å². The van der Waals surface area contributed by atoms with Gasteiger partial charge in [-0.25, -0.2) is 17.2 Å². The second-order valence-electron chi connectivity index (χ2n) is 6.06. The summed E-state index contributed by atoms with van der Waals surface area (Å²) in [6, 6.07) is 10.6. The molecule has 2 aromatic rings. The van der Waals surface area contributed by atoms with Gasteiger partial charge in [0, 0.05) is 24.7 Å². The molecule has 1 N–H and O–H groups in total. The third kappa shape index (κ3) is 3.76. The van der Waals surface area contributed by atoms with Crippen molar-refractivity contribution < 1.29 is 22.0 Å². The smallest absolute Gasteiger partial charge is 0.251 e. The Balaban J connectivity index is 1.69. The van der Waals surface area contributed by atoms with E-state index in [0.717, 1.165) is 12.1 Å². The standard InChI is InChI=1S/C18H18F2N2O3S/c19-16-9-8-13(11-17(16)20)18(23)21-12-14-5-4-10-22(14)26(24,25)15-6-2-1-3-7-15/h1-3,6-9,11,14H,4-5,10,12H2,(H,21,23)/t14-/m0/s1. The van der Waals surface area contributed by atoms with Crippen LogP contribution in [-0.4, -0.2) is 37.8 Å². The lowest BCUT2D eigenvalue weighted by atomic mass is 10.2. The number of hydrogen-bond donors (Lipinski definition) is 1. The fourth-order valence-electron chi connectivity index (χ4n) is 3.01. The highest BCUT2D eigenvalue weighted by Crippen LogP contribution is 2.25. The van der Waals surface area contributed by atoms with Crippen molar-refractivity contribution >= 4 is 15.9 Å². The van der Waals surface area contributed by atoms with E-state index >= 15 is 0 Å². The Labute approximate surface area is 150 Å². The molecule has 1 aliphatic rings. The van der Waals surface area contributed by atoms with Crippen LogP contribution in [0.5, 0.6) is 0 Å². The average Bonchev–Trinajstić information content (AvgIpc) is 3.12. The van der Waals surface area contributed by atoms with E-state index in [1.54, 1.807) is 18.2 Å². The molecular formula is C18H18F2N2O3S. The lowest BCUT2D eigenvalue weighted by Gasteiger charge is -2.24. The molecule has 0 radical (unpaired) electrons. The molecule has 0 unspecified atom stereocenters. The van der Waals surface area contributed by atoms with E-state index in [1.807, 2.05) is 0 Å². The summed E-state index contributed by atoms with van der Waals surface area (Å²) < 4.78 is 53.1. The van der Waals surface area contributed by atoms with Crippen molar-refractivity contribution in [3.05, 3.63) is 65.7 Å². The molecule has 0 bridgehead atoms. The van der Waals surface area contributed by atoms with Gasteiger partial charge in [0.05, 0.1) is 4.90 Å². The van der Waals surface area contributed by atoms with Crippen LogP contribution < -0.4 is 5.32 Å². The van der Waals surface area contributed by atoms with Crippen molar-refractivity contribution in [3.8, 4) is 0 Å². The number of hydrogen-bond acceptors (Lipinski definition) is 3. The molecule has 2 aromatic carbocycles. The van der Waals surface area contributed by atoms with Crippen molar-refractivity contribution in [1.29, 1.82) is 0 Å². The van der Waals surface area contributed by atoms with Gasteiger partial charge in [0.1, 0.15) is 0 Å². The number of halogens is 2. The first kappa shape index (κ1) is 18.5. The summed E-state index contributed by atoms with van der Waals surface area (Å²) in [7, 11) is -3.64. The Kier molecular flexibility index (Phi) is 5.33. The molecule has 1 aliphatic heterocycles. The van der Waals surface area contributed by atoms with Gasteiger partial charge in [-0.05, 0) is 43.2 Å². The number of benzene rings is 2. The lowest BCUT2D eigenvalue weighted by Crippen LogP contribution is -2.43. The van der Waals surface area contributed by atoms with Crippen LogP contribution in [0.3, 0.4) is 0 Å². The molecule has 3 rings (SSSR count). The number of carbonyl (C=O) groups excluding carboxylic acids is 1. The van der Waals surface area contributed by atoms with Crippen LogP contribution in [0, 0.1) is 11.6 Å². The van der Waals surface area contributed by atoms with E-state index in [2.05, 4.69) is 5.32 Å². The van der Waals surface area contributed by atoms with Crippen molar-refractivity contribution in [1.82, 2.24) is 9.62 Å². The summed E-state index contributed by atoms with van der Waals surface area (Å²) in [6.07, 6.45) is 1.31. The molecule has 5 nitrogen and oxygen atoms in total. The minimum atomic E-state index is -3.64. The number of sulfonamides is 1. The number of nitrogens with zero attached hydrogens (tertiary/aromatic N) is 1. The predicted molar refractivity (Wildman–Crippen MR) is 92.0 cm³/mol. The van der Waals surface area contributed by atoms with E-state index < -0.39 is 27.6 Å². The predicted octanol–water partition coefficient (Wildman–Crippen LogP) is 2.55. The number of amides is 1. The summed E-state index contributed by atoms with van der Waals surface area (Å²) in [5, 5.41) is 2.61. The molecule has 1 atom stereocenters. The van der Waals surface area contributed by atoms with Crippen molar-refractivity contribution in [2.24, 2.45) is 0 Å². The minimum absolute atomic E-state index is 0.0145. The van der Waals surface area contributed by atoms with Crippen LogP contribution >= 0.6 is 0 Å². The highest BCUT2D eigenvalue weighted by Gasteiger charge is 2.35. The molecule has 0 saturated carbocycles. The molecule has 1 saturated heterocycles. The topological polar surface area (TPSA) is 66.5 Å². The third-order valence-electron chi connectivity index (χ3n) is 4.35. The van der Waals surface area contributed by atoms with E-state index in [4.69, 9.17) is 0 Å². The van der Waals surface area contributed by atoms with Gasteiger partial charge in [0.25, 0.3) is 5.91 Å².